The maximum atomic E-state index is 12.6. The minimum Gasteiger partial charge on any atom is -0.377 e. The van der Waals surface area contributed by atoms with Crippen LogP contribution in [0.15, 0.2) is 24.3 Å². The van der Waals surface area contributed by atoms with Gasteiger partial charge in [0.05, 0.1) is 12.1 Å². The number of carbonyl (C=O) groups excluding carboxylic acids is 1. The number of thioether (sulfide) groups is 1. The van der Waals surface area contributed by atoms with Crippen LogP contribution in [0.4, 0.5) is 5.69 Å². The highest BCUT2D eigenvalue weighted by molar-refractivity contribution is 7.99. The summed E-state index contributed by atoms with van der Waals surface area (Å²) < 4.78 is 5.51. The van der Waals surface area contributed by atoms with E-state index in [0.717, 1.165) is 35.8 Å². The molecule has 1 N–H and O–H groups in total. The normalized spacial score (nSPS) is 26.3. The zero-order chi connectivity index (χ0) is 13.2. The van der Waals surface area contributed by atoms with E-state index in [1.54, 1.807) is 18.9 Å². The lowest BCUT2D eigenvalue weighted by atomic mass is 9.98. The van der Waals surface area contributed by atoms with Gasteiger partial charge in [-0.2, -0.15) is 0 Å². The van der Waals surface area contributed by atoms with E-state index < -0.39 is 0 Å². The van der Waals surface area contributed by atoms with E-state index in [1.807, 2.05) is 23.1 Å². The van der Waals surface area contributed by atoms with Crippen LogP contribution in [-0.2, 0) is 9.53 Å². The highest BCUT2D eigenvalue weighted by Gasteiger charge is 2.33. The summed E-state index contributed by atoms with van der Waals surface area (Å²) in [6, 6.07) is 8.01. The molecule has 4 nitrogen and oxygen atoms in total. The molecule has 0 radical (unpaired) electrons. The lowest BCUT2D eigenvalue weighted by molar-refractivity contribution is -0.120. The third kappa shape index (κ3) is 2.38. The fraction of sp³-hybridized carbons (Fsp3) is 0.500. The van der Waals surface area contributed by atoms with Crippen LogP contribution in [0.3, 0.4) is 0 Å². The summed E-state index contributed by atoms with van der Waals surface area (Å²) in [7, 11) is 1.73. The second-order valence-electron chi connectivity index (χ2n) is 4.83. The summed E-state index contributed by atoms with van der Waals surface area (Å²) in [5.74, 6) is 1.92. The molecule has 1 fully saturated rings. The number of anilines is 1. The number of amides is 1. The van der Waals surface area contributed by atoms with E-state index in [2.05, 4.69) is 11.4 Å². The fourth-order valence-corrected chi connectivity index (χ4v) is 3.68. The van der Waals surface area contributed by atoms with Gasteiger partial charge in [0.1, 0.15) is 0 Å². The van der Waals surface area contributed by atoms with Crippen LogP contribution >= 0.6 is 11.8 Å². The average molecular weight is 278 g/mol. The van der Waals surface area contributed by atoms with Gasteiger partial charge in [-0.15, -0.1) is 11.8 Å². The van der Waals surface area contributed by atoms with Crippen molar-refractivity contribution in [2.75, 3.05) is 30.2 Å². The van der Waals surface area contributed by atoms with Gasteiger partial charge in [-0.3, -0.25) is 10.1 Å². The summed E-state index contributed by atoms with van der Waals surface area (Å²) in [5.41, 5.74) is 2.12. The summed E-state index contributed by atoms with van der Waals surface area (Å²) in [6.45, 7) is 0.733. The van der Waals surface area contributed by atoms with Crippen LogP contribution in [0.25, 0.3) is 0 Å². The van der Waals surface area contributed by atoms with E-state index >= 15 is 0 Å². The lowest BCUT2D eigenvalue weighted by Crippen LogP contribution is -2.47. The topological polar surface area (TPSA) is 41.6 Å². The number of benzene rings is 1. The van der Waals surface area contributed by atoms with Crippen molar-refractivity contribution in [2.24, 2.45) is 0 Å². The Kier molecular flexibility index (Phi) is 3.77. The Hall–Kier alpha value is -1.04. The van der Waals surface area contributed by atoms with E-state index in [1.165, 1.54) is 0 Å². The van der Waals surface area contributed by atoms with Crippen molar-refractivity contribution in [3.8, 4) is 0 Å². The molecule has 1 amide bonds. The quantitative estimate of drug-likeness (QED) is 0.895. The summed E-state index contributed by atoms with van der Waals surface area (Å²) >= 11 is 1.78. The highest BCUT2D eigenvalue weighted by atomic mass is 32.2. The molecule has 102 valence electrons. The molecule has 0 spiro atoms. The molecule has 0 aliphatic carbocycles. The molecular weight excluding hydrogens is 260 g/mol. The van der Waals surface area contributed by atoms with Gasteiger partial charge in [0.25, 0.3) is 0 Å². The van der Waals surface area contributed by atoms with E-state index in [0.29, 0.717) is 0 Å². The zero-order valence-corrected chi connectivity index (χ0v) is 11.8. The summed E-state index contributed by atoms with van der Waals surface area (Å²) in [6.07, 6.45) is 0.963. The molecule has 1 aromatic rings. The van der Waals surface area contributed by atoms with Crippen molar-refractivity contribution in [1.29, 1.82) is 0 Å². The second-order valence-corrected chi connectivity index (χ2v) is 5.86. The van der Waals surface area contributed by atoms with Gasteiger partial charge >= 0.3 is 0 Å². The molecule has 3 rings (SSSR count). The Bertz CT molecular complexity index is 474. The molecule has 0 bridgehead atoms. The maximum Gasteiger partial charge on any atom is 0.245 e. The minimum absolute atomic E-state index is 0.0443. The highest BCUT2D eigenvalue weighted by Crippen LogP contribution is 2.36. The Balaban J connectivity index is 1.89. The zero-order valence-electron chi connectivity index (χ0n) is 11.0. The third-order valence-electron chi connectivity index (χ3n) is 3.75. The molecule has 19 heavy (non-hydrogen) atoms. The number of fused-ring (bicyclic) bond motifs is 1. The number of ether oxygens (including phenoxy) is 1. The van der Waals surface area contributed by atoms with Gasteiger partial charge < -0.3 is 9.64 Å². The first kappa shape index (κ1) is 13.0. The number of nitrogens with one attached hydrogen (secondary N) is 1. The average Bonchev–Trinajstić information content (AvgIpc) is 2.99. The number of hydrogen-bond acceptors (Lipinski definition) is 4. The molecule has 2 atom stereocenters. The number of para-hydroxylation sites is 1. The predicted octanol–water partition coefficient (Wildman–Crippen LogP) is 1.77. The Morgan fingerprint density at radius 1 is 1.47 bits per heavy atom. The van der Waals surface area contributed by atoms with Gasteiger partial charge in [0, 0.05) is 36.5 Å². The first-order valence-corrected chi connectivity index (χ1v) is 7.71. The SMILES string of the molecule is COC1CCN(C(=O)C2CSCN2)c2ccccc21. The first-order chi connectivity index (χ1) is 9.31. The predicted molar refractivity (Wildman–Crippen MR) is 77.4 cm³/mol. The third-order valence-corrected chi connectivity index (χ3v) is 4.69. The minimum atomic E-state index is -0.0443. The second kappa shape index (κ2) is 5.53. The smallest absolute Gasteiger partial charge is 0.245 e. The Labute approximate surface area is 117 Å². The van der Waals surface area contributed by atoms with Crippen molar-refractivity contribution in [2.45, 2.75) is 18.6 Å². The van der Waals surface area contributed by atoms with Gasteiger partial charge in [-0.25, -0.2) is 0 Å². The monoisotopic (exact) mass is 278 g/mol. The molecule has 0 aromatic heterocycles. The van der Waals surface area contributed by atoms with Gasteiger partial charge in [0.2, 0.25) is 5.91 Å². The van der Waals surface area contributed by atoms with E-state index in [9.17, 15) is 4.79 Å². The number of carbonyl (C=O) groups is 1. The Morgan fingerprint density at radius 2 is 2.32 bits per heavy atom. The van der Waals surface area contributed by atoms with Crippen LogP contribution in [0.2, 0.25) is 0 Å². The van der Waals surface area contributed by atoms with Gasteiger partial charge in [-0.1, -0.05) is 18.2 Å². The summed E-state index contributed by atoms with van der Waals surface area (Å²) in [5, 5.41) is 3.25. The summed E-state index contributed by atoms with van der Waals surface area (Å²) in [4.78, 5) is 14.5. The van der Waals surface area contributed by atoms with Crippen LogP contribution in [-0.4, -0.2) is 37.2 Å². The van der Waals surface area contributed by atoms with Crippen LogP contribution in [0.5, 0.6) is 0 Å². The standard InChI is InChI=1S/C14H18N2O2S/c1-18-13-6-7-16(12-5-3-2-4-10(12)13)14(17)11-8-19-9-15-11/h2-5,11,13,15H,6-9H2,1H3. The van der Waals surface area contributed by atoms with Crippen LogP contribution in [0, 0.1) is 0 Å². The van der Waals surface area contributed by atoms with Crippen molar-refractivity contribution < 1.29 is 9.53 Å². The fourth-order valence-electron chi connectivity index (χ4n) is 2.74. The van der Waals surface area contributed by atoms with E-state index in [-0.39, 0.29) is 18.1 Å². The molecular formula is C14H18N2O2S. The van der Waals surface area contributed by atoms with Crippen molar-refractivity contribution in [3.05, 3.63) is 29.8 Å². The van der Waals surface area contributed by atoms with Crippen molar-refractivity contribution >= 4 is 23.4 Å². The molecule has 5 heteroatoms. The maximum absolute atomic E-state index is 12.6. The lowest BCUT2D eigenvalue weighted by Gasteiger charge is -2.34. The van der Waals surface area contributed by atoms with Gasteiger partial charge in [-0.05, 0) is 12.5 Å². The van der Waals surface area contributed by atoms with Crippen molar-refractivity contribution in [1.82, 2.24) is 5.32 Å². The number of hydrogen-bond donors (Lipinski definition) is 1. The molecule has 2 aliphatic rings. The molecule has 1 saturated heterocycles. The largest absolute Gasteiger partial charge is 0.377 e. The molecule has 2 unspecified atom stereocenters. The van der Waals surface area contributed by atoms with Crippen LogP contribution < -0.4 is 10.2 Å². The number of rotatable bonds is 2. The first-order valence-electron chi connectivity index (χ1n) is 6.55. The molecule has 2 heterocycles. The number of methoxy groups -OCH3 is 1. The van der Waals surface area contributed by atoms with Crippen molar-refractivity contribution in [3.63, 3.8) is 0 Å². The Morgan fingerprint density at radius 3 is 3.05 bits per heavy atom. The molecule has 0 saturated carbocycles. The van der Waals surface area contributed by atoms with E-state index in [4.69, 9.17) is 4.74 Å². The van der Waals surface area contributed by atoms with Gasteiger partial charge in [0.15, 0.2) is 0 Å². The van der Waals surface area contributed by atoms with Crippen LogP contribution in [0.1, 0.15) is 18.1 Å². The molecule has 1 aromatic carbocycles. The number of nitrogens with zero attached hydrogens (tertiary/aromatic N) is 1. The molecule has 2 aliphatic heterocycles.